The van der Waals surface area contributed by atoms with E-state index in [1.165, 1.54) is 12.8 Å². The standard InChI is InChI=1S/C13H23N5O2/c1-3-7-20-12-17-10(14)16-11(18-12)15-9-13(4-5-13)6-8-19-2/h3-9H2,1-2H3,(H3,14,15,16,17,18). The highest BCUT2D eigenvalue weighted by Crippen LogP contribution is 2.48. The topological polar surface area (TPSA) is 95.2 Å². The average molecular weight is 281 g/mol. The monoisotopic (exact) mass is 281 g/mol. The molecule has 1 aromatic rings. The third-order valence-corrected chi connectivity index (χ3v) is 3.48. The highest BCUT2D eigenvalue weighted by Gasteiger charge is 2.41. The predicted octanol–water partition coefficient (Wildman–Crippen LogP) is 1.47. The molecule has 0 atom stereocenters. The van der Waals surface area contributed by atoms with E-state index in [0.29, 0.717) is 18.0 Å². The van der Waals surface area contributed by atoms with Crippen LogP contribution in [0.4, 0.5) is 11.9 Å². The van der Waals surface area contributed by atoms with E-state index in [2.05, 4.69) is 20.3 Å². The van der Waals surface area contributed by atoms with Crippen LogP contribution in [0.3, 0.4) is 0 Å². The van der Waals surface area contributed by atoms with Crippen LogP contribution in [0.15, 0.2) is 0 Å². The number of aromatic nitrogens is 3. The lowest BCUT2D eigenvalue weighted by Crippen LogP contribution is -2.19. The van der Waals surface area contributed by atoms with Crippen LogP contribution in [0.1, 0.15) is 32.6 Å². The van der Waals surface area contributed by atoms with Gasteiger partial charge >= 0.3 is 6.01 Å². The molecule has 0 saturated heterocycles. The van der Waals surface area contributed by atoms with Gasteiger partial charge in [0.1, 0.15) is 0 Å². The van der Waals surface area contributed by atoms with E-state index in [0.717, 1.165) is 26.0 Å². The van der Waals surface area contributed by atoms with E-state index in [4.69, 9.17) is 15.2 Å². The molecule has 112 valence electrons. The van der Waals surface area contributed by atoms with Gasteiger partial charge in [-0.2, -0.15) is 15.0 Å². The van der Waals surface area contributed by atoms with Crippen LogP contribution in [0.2, 0.25) is 0 Å². The van der Waals surface area contributed by atoms with Gasteiger partial charge in [0.2, 0.25) is 11.9 Å². The number of hydrogen-bond acceptors (Lipinski definition) is 7. The molecule has 7 nitrogen and oxygen atoms in total. The zero-order valence-corrected chi connectivity index (χ0v) is 12.2. The molecule has 1 fully saturated rings. The van der Waals surface area contributed by atoms with Crippen molar-refractivity contribution in [3.05, 3.63) is 0 Å². The fraction of sp³-hybridized carbons (Fsp3) is 0.769. The smallest absolute Gasteiger partial charge is 0.323 e. The van der Waals surface area contributed by atoms with Gasteiger partial charge in [-0.1, -0.05) is 6.92 Å². The van der Waals surface area contributed by atoms with Crippen LogP contribution in [-0.2, 0) is 4.74 Å². The van der Waals surface area contributed by atoms with Crippen molar-refractivity contribution in [3.8, 4) is 6.01 Å². The molecule has 0 bridgehead atoms. The largest absolute Gasteiger partial charge is 0.463 e. The minimum Gasteiger partial charge on any atom is -0.463 e. The Kier molecular flexibility index (Phi) is 4.94. The molecule has 7 heteroatoms. The zero-order chi connectivity index (χ0) is 14.4. The SMILES string of the molecule is CCCOc1nc(N)nc(NCC2(CCOC)CC2)n1. The predicted molar refractivity (Wildman–Crippen MR) is 76.7 cm³/mol. The van der Waals surface area contributed by atoms with E-state index in [9.17, 15) is 0 Å². The number of methoxy groups -OCH3 is 1. The molecule has 0 unspecified atom stereocenters. The maximum Gasteiger partial charge on any atom is 0.323 e. The lowest BCUT2D eigenvalue weighted by atomic mass is 10.0. The summed E-state index contributed by atoms with van der Waals surface area (Å²) in [6.45, 7) is 4.20. The van der Waals surface area contributed by atoms with Crippen LogP contribution in [0, 0.1) is 5.41 Å². The quantitative estimate of drug-likeness (QED) is 0.707. The molecule has 3 N–H and O–H groups in total. The first-order valence-electron chi connectivity index (χ1n) is 7.04. The lowest BCUT2D eigenvalue weighted by Gasteiger charge is -2.15. The van der Waals surface area contributed by atoms with Gasteiger partial charge in [-0.3, -0.25) is 0 Å². The molecular weight excluding hydrogens is 258 g/mol. The second-order valence-electron chi connectivity index (χ2n) is 5.24. The van der Waals surface area contributed by atoms with Crippen molar-refractivity contribution in [2.24, 2.45) is 5.41 Å². The second kappa shape index (κ2) is 6.69. The fourth-order valence-corrected chi connectivity index (χ4v) is 1.99. The molecule has 1 aromatic heterocycles. The van der Waals surface area contributed by atoms with Crippen LogP contribution < -0.4 is 15.8 Å². The van der Waals surface area contributed by atoms with Crippen molar-refractivity contribution in [3.63, 3.8) is 0 Å². The summed E-state index contributed by atoms with van der Waals surface area (Å²) < 4.78 is 10.5. The number of ether oxygens (including phenoxy) is 2. The van der Waals surface area contributed by atoms with Gasteiger partial charge in [-0.15, -0.1) is 0 Å². The Labute approximate surface area is 119 Å². The lowest BCUT2D eigenvalue weighted by molar-refractivity contribution is 0.174. The number of nitrogens with zero attached hydrogens (tertiary/aromatic N) is 3. The fourth-order valence-electron chi connectivity index (χ4n) is 1.99. The second-order valence-corrected chi connectivity index (χ2v) is 5.24. The number of nitrogens with one attached hydrogen (secondary N) is 1. The third-order valence-electron chi connectivity index (χ3n) is 3.48. The van der Waals surface area contributed by atoms with Crippen molar-refractivity contribution in [1.29, 1.82) is 0 Å². The summed E-state index contributed by atoms with van der Waals surface area (Å²) in [6, 6.07) is 0.281. The van der Waals surface area contributed by atoms with Gasteiger partial charge in [0.25, 0.3) is 0 Å². The molecule has 0 aliphatic heterocycles. The first kappa shape index (κ1) is 14.8. The summed E-state index contributed by atoms with van der Waals surface area (Å²) in [5, 5.41) is 3.24. The molecule has 1 aliphatic carbocycles. The van der Waals surface area contributed by atoms with Gasteiger partial charge in [0.15, 0.2) is 0 Å². The molecule has 0 radical (unpaired) electrons. The zero-order valence-electron chi connectivity index (χ0n) is 12.2. The molecule has 0 amide bonds. The maximum atomic E-state index is 5.66. The molecular formula is C13H23N5O2. The number of nitrogen functional groups attached to an aromatic ring is 1. The number of nitrogens with two attached hydrogens (primary N) is 1. The van der Waals surface area contributed by atoms with E-state index < -0.39 is 0 Å². The van der Waals surface area contributed by atoms with Crippen LogP contribution in [0.5, 0.6) is 6.01 Å². The summed E-state index contributed by atoms with van der Waals surface area (Å²) in [5.41, 5.74) is 5.99. The summed E-state index contributed by atoms with van der Waals surface area (Å²) in [7, 11) is 1.73. The minimum absolute atomic E-state index is 0.176. The molecule has 0 spiro atoms. The molecule has 20 heavy (non-hydrogen) atoms. The van der Waals surface area contributed by atoms with E-state index in [1.54, 1.807) is 7.11 Å². The summed E-state index contributed by atoms with van der Waals surface area (Å²) in [5.74, 6) is 0.655. The molecule has 2 rings (SSSR count). The van der Waals surface area contributed by atoms with E-state index in [-0.39, 0.29) is 12.0 Å². The molecule has 0 aromatic carbocycles. The van der Waals surface area contributed by atoms with Gasteiger partial charge in [-0.25, -0.2) is 0 Å². The summed E-state index contributed by atoms with van der Waals surface area (Å²) in [4.78, 5) is 12.3. The third kappa shape index (κ3) is 4.19. The molecule has 1 heterocycles. The first-order valence-corrected chi connectivity index (χ1v) is 7.04. The maximum absolute atomic E-state index is 5.66. The van der Waals surface area contributed by atoms with Crippen molar-refractivity contribution in [2.45, 2.75) is 32.6 Å². The molecule has 1 aliphatic rings. The Morgan fingerprint density at radius 3 is 2.70 bits per heavy atom. The Balaban J connectivity index is 1.90. The summed E-state index contributed by atoms with van der Waals surface area (Å²) >= 11 is 0. The van der Waals surface area contributed by atoms with Crippen LogP contribution in [-0.4, -0.2) is 41.8 Å². The number of rotatable bonds is 9. The van der Waals surface area contributed by atoms with Crippen molar-refractivity contribution in [2.75, 3.05) is 37.9 Å². The highest BCUT2D eigenvalue weighted by atomic mass is 16.5. The Hall–Kier alpha value is -1.63. The number of hydrogen-bond donors (Lipinski definition) is 2. The van der Waals surface area contributed by atoms with Crippen LogP contribution >= 0.6 is 0 Å². The van der Waals surface area contributed by atoms with E-state index >= 15 is 0 Å². The number of anilines is 2. The van der Waals surface area contributed by atoms with Crippen molar-refractivity contribution >= 4 is 11.9 Å². The van der Waals surface area contributed by atoms with Gasteiger partial charge in [-0.05, 0) is 31.1 Å². The van der Waals surface area contributed by atoms with Gasteiger partial charge in [0.05, 0.1) is 6.61 Å². The highest BCUT2D eigenvalue weighted by molar-refractivity contribution is 5.33. The summed E-state index contributed by atoms with van der Waals surface area (Å²) in [6.07, 6.45) is 4.37. The Bertz CT molecular complexity index is 437. The average Bonchev–Trinajstić information content (AvgIpc) is 3.21. The van der Waals surface area contributed by atoms with Crippen molar-refractivity contribution in [1.82, 2.24) is 15.0 Å². The van der Waals surface area contributed by atoms with Crippen molar-refractivity contribution < 1.29 is 9.47 Å². The minimum atomic E-state index is 0.176. The van der Waals surface area contributed by atoms with Gasteiger partial charge < -0.3 is 20.5 Å². The molecule has 1 saturated carbocycles. The van der Waals surface area contributed by atoms with Gasteiger partial charge in [0, 0.05) is 20.3 Å². The van der Waals surface area contributed by atoms with E-state index in [1.807, 2.05) is 6.92 Å². The Morgan fingerprint density at radius 2 is 2.05 bits per heavy atom. The Morgan fingerprint density at radius 1 is 1.25 bits per heavy atom. The van der Waals surface area contributed by atoms with Crippen LogP contribution in [0.25, 0.3) is 0 Å². The normalized spacial score (nSPS) is 15.9. The first-order chi connectivity index (χ1) is 9.67.